The molecule has 0 atom stereocenters. The molecule has 0 unspecified atom stereocenters. The van der Waals surface area contributed by atoms with Crippen molar-refractivity contribution in [2.24, 2.45) is 0 Å². The van der Waals surface area contributed by atoms with Gasteiger partial charge < -0.3 is 9.32 Å². The Labute approximate surface area is 337 Å². The molecule has 0 aliphatic heterocycles. The average Bonchev–Trinajstić information content (AvgIpc) is 3.69. The van der Waals surface area contributed by atoms with Gasteiger partial charge in [-0.3, -0.25) is 0 Å². The molecule has 272 valence electrons. The fourth-order valence-electron chi connectivity index (χ4n) is 8.80. The van der Waals surface area contributed by atoms with Crippen LogP contribution >= 0.6 is 0 Å². The first kappa shape index (κ1) is 33.6. The maximum Gasteiger partial charge on any atom is 0.136 e. The minimum Gasteiger partial charge on any atom is -0.456 e. The Morgan fingerprint density at radius 2 is 0.776 bits per heavy atom. The highest BCUT2D eigenvalue weighted by Gasteiger charge is 2.23. The van der Waals surface area contributed by atoms with Crippen LogP contribution in [0.4, 0.5) is 17.1 Å². The Hall–Kier alpha value is -7.68. The van der Waals surface area contributed by atoms with Gasteiger partial charge in [-0.25, -0.2) is 0 Å². The lowest BCUT2D eigenvalue weighted by molar-refractivity contribution is 0.669. The van der Waals surface area contributed by atoms with Gasteiger partial charge in [0.15, 0.2) is 0 Å². The molecule has 2 nitrogen and oxygen atoms in total. The molecule has 0 spiro atoms. The van der Waals surface area contributed by atoms with Gasteiger partial charge in [-0.2, -0.15) is 0 Å². The number of furan rings is 1. The lowest BCUT2D eigenvalue weighted by Crippen LogP contribution is -2.12. The number of hydrogen-bond donors (Lipinski definition) is 0. The molecular formula is C56H37NO. The summed E-state index contributed by atoms with van der Waals surface area (Å²) in [5, 5.41) is 7.14. The Morgan fingerprint density at radius 1 is 0.293 bits per heavy atom. The van der Waals surface area contributed by atoms with Crippen LogP contribution in [-0.4, -0.2) is 0 Å². The predicted molar refractivity (Wildman–Crippen MR) is 245 cm³/mol. The lowest BCUT2D eigenvalue weighted by Gasteiger charge is -2.30. The van der Waals surface area contributed by atoms with E-state index in [0.717, 1.165) is 50.1 Å². The zero-order valence-electron chi connectivity index (χ0n) is 31.7. The zero-order chi connectivity index (χ0) is 38.4. The standard InChI is InChI=1S/C56H37NO/c1-2-14-38(15-3-1)39-30-34-43(35-31-39)57(44-36-32-42(33-37-44)47-23-13-29-54-56(47)51-22-8-9-28-53(51)58-54)52-27-12-26-50(48-24-10-18-40-16-4-6-20-45(40)48)55(52)49-25-11-19-41-17-5-7-21-46(41)49/h1-37H. The minimum absolute atomic E-state index is 0.896. The highest BCUT2D eigenvalue weighted by molar-refractivity contribution is 6.13. The van der Waals surface area contributed by atoms with Crippen molar-refractivity contribution < 1.29 is 4.42 Å². The van der Waals surface area contributed by atoms with Crippen molar-refractivity contribution in [3.05, 3.63) is 224 Å². The van der Waals surface area contributed by atoms with Crippen molar-refractivity contribution in [1.29, 1.82) is 0 Å². The Kier molecular flexibility index (Phi) is 8.19. The average molecular weight is 740 g/mol. The van der Waals surface area contributed by atoms with E-state index in [4.69, 9.17) is 4.42 Å². The largest absolute Gasteiger partial charge is 0.456 e. The van der Waals surface area contributed by atoms with Gasteiger partial charge >= 0.3 is 0 Å². The van der Waals surface area contributed by atoms with Gasteiger partial charge in [0.1, 0.15) is 11.2 Å². The summed E-state index contributed by atoms with van der Waals surface area (Å²) in [7, 11) is 0. The van der Waals surface area contributed by atoms with Gasteiger partial charge in [0, 0.05) is 27.7 Å². The third kappa shape index (κ3) is 5.74. The van der Waals surface area contributed by atoms with Crippen molar-refractivity contribution in [3.8, 4) is 44.5 Å². The summed E-state index contributed by atoms with van der Waals surface area (Å²) in [6.45, 7) is 0. The first-order valence-electron chi connectivity index (χ1n) is 19.8. The van der Waals surface area contributed by atoms with Crippen LogP contribution in [0.3, 0.4) is 0 Å². The van der Waals surface area contributed by atoms with Crippen LogP contribution < -0.4 is 4.90 Å². The van der Waals surface area contributed by atoms with Gasteiger partial charge in [-0.1, -0.05) is 182 Å². The van der Waals surface area contributed by atoms with Crippen molar-refractivity contribution in [3.63, 3.8) is 0 Å². The van der Waals surface area contributed by atoms with E-state index in [2.05, 4.69) is 217 Å². The van der Waals surface area contributed by atoms with E-state index in [9.17, 15) is 0 Å². The molecule has 10 aromatic carbocycles. The van der Waals surface area contributed by atoms with E-state index in [0.29, 0.717) is 0 Å². The Balaban J connectivity index is 1.16. The smallest absolute Gasteiger partial charge is 0.136 e. The maximum atomic E-state index is 6.29. The molecular weight excluding hydrogens is 703 g/mol. The number of benzene rings is 10. The van der Waals surface area contributed by atoms with Gasteiger partial charge in [-0.15, -0.1) is 0 Å². The second kappa shape index (κ2) is 14.1. The van der Waals surface area contributed by atoms with Crippen LogP contribution in [0.25, 0.3) is 88.0 Å². The minimum atomic E-state index is 0.896. The molecule has 0 radical (unpaired) electrons. The van der Waals surface area contributed by atoms with Gasteiger partial charge in [-0.05, 0) is 103 Å². The molecule has 0 aliphatic rings. The van der Waals surface area contributed by atoms with E-state index >= 15 is 0 Å². The SMILES string of the molecule is c1ccc(-c2ccc(N(c3ccc(-c4cccc5oc6ccccc6c45)cc3)c3cccc(-c4cccc5ccccc45)c3-c3cccc4ccccc34)cc2)cc1. The van der Waals surface area contributed by atoms with E-state index < -0.39 is 0 Å². The summed E-state index contributed by atoms with van der Waals surface area (Å²) in [6.07, 6.45) is 0. The number of anilines is 3. The van der Waals surface area contributed by atoms with Crippen molar-refractivity contribution >= 4 is 60.5 Å². The monoisotopic (exact) mass is 739 g/mol. The molecule has 0 aliphatic carbocycles. The molecule has 58 heavy (non-hydrogen) atoms. The lowest BCUT2D eigenvalue weighted by atomic mass is 9.87. The second-order valence-electron chi connectivity index (χ2n) is 14.8. The highest BCUT2D eigenvalue weighted by Crippen LogP contribution is 2.49. The van der Waals surface area contributed by atoms with Crippen LogP contribution in [0, 0.1) is 0 Å². The van der Waals surface area contributed by atoms with E-state index in [1.54, 1.807) is 0 Å². The molecule has 1 heterocycles. The van der Waals surface area contributed by atoms with Crippen molar-refractivity contribution in [2.45, 2.75) is 0 Å². The summed E-state index contributed by atoms with van der Waals surface area (Å²) in [5.74, 6) is 0. The molecule has 0 amide bonds. The highest BCUT2D eigenvalue weighted by atomic mass is 16.3. The zero-order valence-corrected chi connectivity index (χ0v) is 31.7. The quantitative estimate of drug-likeness (QED) is 0.162. The summed E-state index contributed by atoms with van der Waals surface area (Å²) in [4.78, 5) is 2.43. The number of para-hydroxylation sites is 1. The predicted octanol–water partition coefficient (Wildman–Crippen LogP) is 16.0. The number of nitrogens with zero attached hydrogens (tertiary/aromatic N) is 1. The molecule has 0 fully saturated rings. The molecule has 2 heteroatoms. The second-order valence-corrected chi connectivity index (χ2v) is 14.8. The van der Waals surface area contributed by atoms with E-state index in [-0.39, 0.29) is 0 Å². The van der Waals surface area contributed by atoms with Gasteiger partial charge in [0.25, 0.3) is 0 Å². The molecule has 11 aromatic rings. The third-order valence-electron chi connectivity index (χ3n) is 11.5. The molecule has 1 aromatic heterocycles. The van der Waals surface area contributed by atoms with Crippen molar-refractivity contribution in [1.82, 2.24) is 0 Å². The fourth-order valence-corrected chi connectivity index (χ4v) is 8.80. The maximum absolute atomic E-state index is 6.29. The first-order valence-corrected chi connectivity index (χ1v) is 19.8. The molecule has 0 bridgehead atoms. The van der Waals surface area contributed by atoms with Gasteiger partial charge in [0.2, 0.25) is 0 Å². The molecule has 0 saturated carbocycles. The Bertz CT molecular complexity index is 3260. The summed E-state index contributed by atoms with van der Waals surface area (Å²) < 4.78 is 6.29. The Morgan fingerprint density at radius 3 is 1.50 bits per heavy atom. The first-order chi connectivity index (χ1) is 28.8. The van der Waals surface area contributed by atoms with Crippen LogP contribution in [-0.2, 0) is 0 Å². The molecule has 0 saturated heterocycles. The van der Waals surface area contributed by atoms with Crippen LogP contribution in [0.2, 0.25) is 0 Å². The summed E-state index contributed by atoms with van der Waals surface area (Å²) in [6, 6.07) is 80.8. The summed E-state index contributed by atoms with van der Waals surface area (Å²) in [5.41, 5.74) is 14.5. The van der Waals surface area contributed by atoms with Crippen LogP contribution in [0.1, 0.15) is 0 Å². The van der Waals surface area contributed by atoms with E-state index in [1.165, 1.54) is 54.9 Å². The van der Waals surface area contributed by atoms with Crippen molar-refractivity contribution in [2.75, 3.05) is 4.90 Å². The number of fused-ring (bicyclic) bond motifs is 5. The third-order valence-corrected chi connectivity index (χ3v) is 11.5. The molecule has 11 rings (SSSR count). The fraction of sp³-hybridized carbons (Fsp3) is 0. The van der Waals surface area contributed by atoms with E-state index in [1.807, 2.05) is 12.1 Å². The topological polar surface area (TPSA) is 16.4 Å². The van der Waals surface area contributed by atoms with Gasteiger partial charge in [0.05, 0.1) is 5.69 Å². The molecule has 0 N–H and O–H groups in total. The van der Waals surface area contributed by atoms with Crippen LogP contribution in [0.5, 0.6) is 0 Å². The normalized spacial score (nSPS) is 11.4. The number of hydrogen-bond acceptors (Lipinski definition) is 2. The van der Waals surface area contributed by atoms with Crippen LogP contribution in [0.15, 0.2) is 229 Å². The summed E-state index contributed by atoms with van der Waals surface area (Å²) >= 11 is 0. The number of rotatable bonds is 7.